The van der Waals surface area contributed by atoms with Crippen molar-refractivity contribution in [3.05, 3.63) is 29.3 Å². The van der Waals surface area contributed by atoms with Crippen LogP contribution < -0.4 is 11.1 Å². The van der Waals surface area contributed by atoms with Gasteiger partial charge in [-0.3, -0.25) is 4.79 Å². The zero-order valence-electron chi connectivity index (χ0n) is 13.0. The van der Waals surface area contributed by atoms with Gasteiger partial charge in [0, 0.05) is 17.8 Å². The number of carbonyl (C=O) groups excluding carboxylic acids is 1. The molecule has 0 spiro atoms. The van der Waals surface area contributed by atoms with Crippen molar-refractivity contribution in [1.29, 1.82) is 0 Å². The van der Waals surface area contributed by atoms with Gasteiger partial charge in [0.15, 0.2) is 0 Å². The highest BCUT2D eigenvalue weighted by molar-refractivity contribution is 5.95. The second-order valence-electron chi connectivity index (χ2n) is 6.39. The highest BCUT2D eigenvalue weighted by Crippen LogP contribution is 2.33. The van der Waals surface area contributed by atoms with E-state index in [0.29, 0.717) is 17.8 Å². The number of benzene rings is 1. The van der Waals surface area contributed by atoms with Crippen molar-refractivity contribution in [2.45, 2.75) is 51.6 Å². The van der Waals surface area contributed by atoms with Crippen LogP contribution in [-0.4, -0.2) is 23.2 Å². The van der Waals surface area contributed by atoms with E-state index in [-0.39, 0.29) is 5.91 Å². The van der Waals surface area contributed by atoms with Gasteiger partial charge in [-0.25, -0.2) is 0 Å². The number of rotatable bonds is 4. The number of amides is 1. The summed E-state index contributed by atoms with van der Waals surface area (Å²) in [4.78, 5) is 12.2. The Morgan fingerprint density at radius 2 is 2.05 bits per heavy atom. The van der Waals surface area contributed by atoms with Crippen molar-refractivity contribution in [2.75, 3.05) is 12.3 Å². The zero-order chi connectivity index (χ0) is 15.5. The average Bonchev–Trinajstić information content (AvgIpc) is 2.45. The zero-order valence-corrected chi connectivity index (χ0v) is 13.0. The van der Waals surface area contributed by atoms with Gasteiger partial charge < -0.3 is 16.2 Å². The highest BCUT2D eigenvalue weighted by atomic mass is 16.3. The molecule has 1 amide bonds. The molecule has 0 bridgehead atoms. The molecule has 0 aliphatic heterocycles. The van der Waals surface area contributed by atoms with E-state index in [1.165, 1.54) is 6.42 Å². The lowest BCUT2D eigenvalue weighted by atomic mass is 9.78. The second kappa shape index (κ2) is 6.48. The first-order valence-corrected chi connectivity index (χ1v) is 7.79. The predicted octanol–water partition coefficient (Wildman–Crippen LogP) is 2.64. The van der Waals surface area contributed by atoms with Crippen molar-refractivity contribution in [3.63, 3.8) is 0 Å². The summed E-state index contributed by atoms with van der Waals surface area (Å²) in [7, 11) is 0. The van der Waals surface area contributed by atoms with Gasteiger partial charge in [-0.15, -0.1) is 0 Å². The maximum atomic E-state index is 12.2. The van der Waals surface area contributed by atoms with E-state index >= 15 is 0 Å². The molecule has 1 aromatic rings. The van der Waals surface area contributed by atoms with Gasteiger partial charge in [0.1, 0.15) is 0 Å². The van der Waals surface area contributed by atoms with Crippen LogP contribution in [-0.2, 0) is 0 Å². The Bertz CT molecular complexity index is 485. The summed E-state index contributed by atoms with van der Waals surface area (Å²) in [5.41, 5.74) is 7.11. The van der Waals surface area contributed by atoms with Crippen LogP contribution in [0.5, 0.6) is 0 Å². The van der Waals surface area contributed by atoms with Crippen LogP contribution in [0, 0.1) is 12.8 Å². The summed E-state index contributed by atoms with van der Waals surface area (Å²) < 4.78 is 0. The average molecular weight is 290 g/mol. The van der Waals surface area contributed by atoms with E-state index in [4.69, 9.17) is 5.73 Å². The van der Waals surface area contributed by atoms with Crippen LogP contribution in [0.2, 0.25) is 0 Å². The minimum atomic E-state index is -0.753. The number of aryl methyl sites for hydroxylation is 1. The first kappa shape index (κ1) is 15.8. The van der Waals surface area contributed by atoms with E-state index in [9.17, 15) is 9.90 Å². The lowest BCUT2D eigenvalue weighted by Crippen LogP contribution is -2.45. The summed E-state index contributed by atoms with van der Waals surface area (Å²) in [5, 5.41) is 13.4. The van der Waals surface area contributed by atoms with E-state index in [1.54, 1.807) is 6.07 Å². The minimum Gasteiger partial charge on any atom is -0.399 e. The molecule has 116 valence electrons. The Labute approximate surface area is 126 Å². The summed E-state index contributed by atoms with van der Waals surface area (Å²) in [6.45, 7) is 4.42. The number of nitrogens with two attached hydrogens (primary N) is 1. The maximum Gasteiger partial charge on any atom is 0.251 e. The van der Waals surface area contributed by atoms with Crippen LogP contribution in [0.15, 0.2) is 18.2 Å². The molecule has 1 fully saturated rings. The molecule has 4 N–H and O–H groups in total. The molecule has 1 aliphatic carbocycles. The topological polar surface area (TPSA) is 75.3 Å². The Morgan fingerprint density at radius 1 is 1.38 bits per heavy atom. The van der Waals surface area contributed by atoms with Crippen molar-refractivity contribution in [1.82, 2.24) is 5.32 Å². The van der Waals surface area contributed by atoms with Gasteiger partial charge >= 0.3 is 0 Å². The lowest BCUT2D eigenvalue weighted by Gasteiger charge is -2.35. The fourth-order valence-electron chi connectivity index (χ4n) is 3.09. The van der Waals surface area contributed by atoms with Gasteiger partial charge in [0.05, 0.1) is 5.60 Å². The Balaban J connectivity index is 1.92. The molecule has 1 aromatic carbocycles. The molecule has 2 rings (SSSR count). The van der Waals surface area contributed by atoms with E-state index in [1.807, 2.05) is 19.1 Å². The lowest BCUT2D eigenvalue weighted by molar-refractivity contribution is -0.00786. The number of nitrogens with one attached hydrogen (secondary N) is 1. The minimum absolute atomic E-state index is 0.170. The molecule has 1 aliphatic rings. The normalized spacial score (nSPS) is 25.6. The standard InChI is InChI=1S/C17H26N2O2/c1-3-13-4-6-17(21,7-5-13)11-19-16(20)14-8-12(2)9-15(18)10-14/h8-10,13,21H,3-7,11,18H2,1-2H3,(H,19,20). The van der Waals surface area contributed by atoms with Crippen LogP contribution in [0.1, 0.15) is 54.9 Å². The maximum absolute atomic E-state index is 12.2. The summed E-state index contributed by atoms with van der Waals surface area (Å²) in [5.74, 6) is 0.550. The molecule has 0 atom stereocenters. The Kier molecular flexibility index (Phi) is 4.88. The summed E-state index contributed by atoms with van der Waals surface area (Å²) in [6, 6.07) is 5.31. The van der Waals surface area contributed by atoms with Crippen molar-refractivity contribution in [2.24, 2.45) is 5.92 Å². The van der Waals surface area contributed by atoms with Gasteiger partial charge in [-0.05, 0) is 62.3 Å². The molecule has 21 heavy (non-hydrogen) atoms. The van der Waals surface area contributed by atoms with E-state index in [0.717, 1.165) is 37.2 Å². The number of nitrogen functional groups attached to an aromatic ring is 1. The van der Waals surface area contributed by atoms with Crippen molar-refractivity contribution >= 4 is 11.6 Å². The van der Waals surface area contributed by atoms with Crippen molar-refractivity contribution < 1.29 is 9.90 Å². The summed E-state index contributed by atoms with van der Waals surface area (Å²) in [6.07, 6.45) is 4.79. The van der Waals surface area contributed by atoms with Gasteiger partial charge in [-0.1, -0.05) is 13.3 Å². The second-order valence-corrected chi connectivity index (χ2v) is 6.39. The van der Waals surface area contributed by atoms with Crippen molar-refractivity contribution in [3.8, 4) is 0 Å². The Morgan fingerprint density at radius 3 is 2.62 bits per heavy atom. The third-order valence-electron chi connectivity index (χ3n) is 4.55. The third-order valence-corrected chi connectivity index (χ3v) is 4.55. The number of hydrogen-bond donors (Lipinski definition) is 3. The summed E-state index contributed by atoms with van der Waals surface area (Å²) >= 11 is 0. The highest BCUT2D eigenvalue weighted by Gasteiger charge is 2.32. The molecular formula is C17H26N2O2. The van der Waals surface area contributed by atoms with Gasteiger partial charge in [-0.2, -0.15) is 0 Å². The van der Waals surface area contributed by atoms with Crippen LogP contribution in [0.4, 0.5) is 5.69 Å². The predicted molar refractivity (Wildman–Crippen MR) is 85.1 cm³/mol. The fraction of sp³-hybridized carbons (Fsp3) is 0.588. The number of carbonyl (C=O) groups is 1. The van der Waals surface area contributed by atoms with Crippen LogP contribution in [0.3, 0.4) is 0 Å². The number of hydrogen-bond acceptors (Lipinski definition) is 3. The first-order chi connectivity index (χ1) is 9.92. The SMILES string of the molecule is CCC1CCC(O)(CNC(=O)c2cc(C)cc(N)c2)CC1. The number of anilines is 1. The molecule has 4 nitrogen and oxygen atoms in total. The van der Waals surface area contributed by atoms with Gasteiger partial charge in [0.25, 0.3) is 5.91 Å². The van der Waals surface area contributed by atoms with Gasteiger partial charge in [0.2, 0.25) is 0 Å². The molecular weight excluding hydrogens is 264 g/mol. The third kappa shape index (κ3) is 4.21. The quantitative estimate of drug-likeness (QED) is 0.746. The monoisotopic (exact) mass is 290 g/mol. The van der Waals surface area contributed by atoms with E-state index < -0.39 is 5.60 Å². The molecule has 0 unspecified atom stereocenters. The smallest absolute Gasteiger partial charge is 0.251 e. The van der Waals surface area contributed by atoms with Crippen LogP contribution >= 0.6 is 0 Å². The first-order valence-electron chi connectivity index (χ1n) is 7.79. The largest absolute Gasteiger partial charge is 0.399 e. The van der Waals surface area contributed by atoms with E-state index in [2.05, 4.69) is 12.2 Å². The number of aliphatic hydroxyl groups is 1. The molecule has 0 radical (unpaired) electrons. The molecule has 4 heteroatoms. The molecule has 0 aromatic heterocycles. The molecule has 0 heterocycles. The van der Waals surface area contributed by atoms with Crippen LogP contribution in [0.25, 0.3) is 0 Å². The molecule has 1 saturated carbocycles. The Hall–Kier alpha value is -1.55. The fourth-order valence-corrected chi connectivity index (χ4v) is 3.09. The molecule has 0 saturated heterocycles.